The first-order valence-electron chi connectivity index (χ1n) is 9.66. The molecule has 0 aromatic heterocycles. The Morgan fingerprint density at radius 2 is 1.82 bits per heavy atom. The molecule has 128 valence electrons. The molecule has 1 aliphatic carbocycles. The third kappa shape index (κ3) is 3.85. The predicted octanol–water partition coefficient (Wildman–Crippen LogP) is 3.78. The van der Waals surface area contributed by atoms with Crippen LogP contribution in [0.4, 0.5) is 0 Å². The van der Waals surface area contributed by atoms with Crippen LogP contribution in [0, 0.1) is 11.3 Å². The predicted molar refractivity (Wildman–Crippen MR) is 91.9 cm³/mol. The van der Waals surface area contributed by atoms with E-state index >= 15 is 0 Å². The quantitative estimate of drug-likeness (QED) is 0.855. The molecule has 3 nitrogen and oxygen atoms in total. The molecule has 0 spiro atoms. The van der Waals surface area contributed by atoms with Gasteiger partial charge in [0.2, 0.25) is 0 Å². The molecule has 3 heteroatoms. The Morgan fingerprint density at radius 3 is 2.55 bits per heavy atom. The molecule has 0 aromatic carbocycles. The molecule has 1 N–H and O–H groups in total. The first-order valence-corrected chi connectivity index (χ1v) is 9.66. The minimum absolute atomic E-state index is 0.365. The van der Waals surface area contributed by atoms with Gasteiger partial charge in [-0.2, -0.15) is 0 Å². The zero-order valence-corrected chi connectivity index (χ0v) is 14.9. The lowest BCUT2D eigenvalue weighted by molar-refractivity contribution is -0.00608. The highest BCUT2D eigenvalue weighted by atomic mass is 16.5. The van der Waals surface area contributed by atoms with E-state index < -0.39 is 0 Å². The summed E-state index contributed by atoms with van der Waals surface area (Å²) in [4.78, 5) is 2.74. The second-order valence-electron chi connectivity index (χ2n) is 8.79. The zero-order chi connectivity index (χ0) is 15.6. The molecule has 1 saturated carbocycles. The van der Waals surface area contributed by atoms with Crippen molar-refractivity contribution in [2.75, 3.05) is 19.7 Å². The number of ether oxygens (including phenoxy) is 1. The SMILES string of the molecule is CC(C)(C)C1CC2CCCNC2N1CCOC1CCCCC1. The van der Waals surface area contributed by atoms with Gasteiger partial charge in [-0.3, -0.25) is 4.90 Å². The van der Waals surface area contributed by atoms with Gasteiger partial charge < -0.3 is 10.1 Å². The standard InChI is InChI=1S/C19H36N2O/c1-19(2,3)17-14-15-8-7-11-20-18(15)21(17)12-13-22-16-9-5-4-6-10-16/h15-18,20H,4-14H2,1-3H3. The van der Waals surface area contributed by atoms with Crippen molar-refractivity contribution in [2.24, 2.45) is 11.3 Å². The van der Waals surface area contributed by atoms with E-state index in [0.29, 0.717) is 23.7 Å². The Kier molecular flexibility index (Phi) is 5.47. The second kappa shape index (κ2) is 7.19. The van der Waals surface area contributed by atoms with Crippen LogP contribution in [-0.2, 0) is 4.74 Å². The van der Waals surface area contributed by atoms with Crippen molar-refractivity contribution >= 4 is 0 Å². The van der Waals surface area contributed by atoms with Gasteiger partial charge in [0.1, 0.15) is 0 Å². The third-order valence-electron chi connectivity index (χ3n) is 6.09. The molecule has 3 fully saturated rings. The van der Waals surface area contributed by atoms with Crippen LogP contribution in [0.25, 0.3) is 0 Å². The van der Waals surface area contributed by atoms with E-state index in [9.17, 15) is 0 Å². The van der Waals surface area contributed by atoms with E-state index in [1.807, 2.05) is 0 Å². The summed E-state index contributed by atoms with van der Waals surface area (Å²) in [6.07, 6.45) is 12.0. The molecule has 0 amide bonds. The van der Waals surface area contributed by atoms with Crippen LogP contribution in [0.2, 0.25) is 0 Å². The minimum atomic E-state index is 0.365. The van der Waals surface area contributed by atoms with Crippen LogP contribution in [0.15, 0.2) is 0 Å². The highest BCUT2D eigenvalue weighted by Gasteiger charge is 2.46. The van der Waals surface area contributed by atoms with E-state index in [2.05, 4.69) is 31.0 Å². The third-order valence-corrected chi connectivity index (χ3v) is 6.09. The molecule has 3 atom stereocenters. The average Bonchev–Trinajstić information content (AvgIpc) is 2.88. The van der Waals surface area contributed by atoms with E-state index in [0.717, 1.165) is 19.1 Å². The van der Waals surface area contributed by atoms with Crippen LogP contribution >= 0.6 is 0 Å². The van der Waals surface area contributed by atoms with Crippen LogP contribution in [0.1, 0.15) is 72.1 Å². The normalized spacial score (nSPS) is 34.8. The Hall–Kier alpha value is -0.120. The molecule has 3 rings (SSSR count). The van der Waals surface area contributed by atoms with Gasteiger partial charge >= 0.3 is 0 Å². The summed E-state index contributed by atoms with van der Waals surface area (Å²) >= 11 is 0. The molecule has 2 aliphatic heterocycles. The lowest BCUT2D eigenvalue weighted by Gasteiger charge is -2.39. The summed E-state index contributed by atoms with van der Waals surface area (Å²) in [6.45, 7) is 10.4. The van der Waals surface area contributed by atoms with Gasteiger partial charge in [0.05, 0.1) is 18.9 Å². The summed E-state index contributed by atoms with van der Waals surface area (Å²) < 4.78 is 6.22. The van der Waals surface area contributed by atoms with Gasteiger partial charge in [-0.05, 0) is 50.0 Å². The van der Waals surface area contributed by atoms with Crippen LogP contribution < -0.4 is 5.32 Å². The number of nitrogens with zero attached hydrogens (tertiary/aromatic N) is 1. The largest absolute Gasteiger partial charge is 0.377 e. The van der Waals surface area contributed by atoms with Gasteiger partial charge in [0, 0.05) is 12.6 Å². The highest BCUT2D eigenvalue weighted by molar-refractivity contribution is 4.98. The Balaban J connectivity index is 1.55. The molecule has 2 saturated heterocycles. The molecule has 22 heavy (non-hydrogen) atoms. The number of hydrogen-bond donors (Lipinski definition) is 1. The lowest BCUT2D eigenvalue weighted by Crippen LogP contribution is -2.52. The first kappa shape index (κ1) is 16.7. The summed E-state index contributed by atoms with van der Waals surface area (Å²) in [7, 11) is 0. The summed E-state index contributed by atoms with van der Waals surface area (Å²) in [5.74, 6) is 0.854. The fourth-order valence-corrected chi connectivity index (χ4v) is 4.89. The molecule has 3 unspecified atom stereocenters. The first-order chi connectivity index (χ1) is 10.6. The zero-order valence-electron chi connectivity index (χ0n) is 14.9. The van der Waals surface area contributed by atoms with Gasteiger partial charge in [-0.15, -0.1) is 0 Å². The van der Waals surface area contributed by atoms with Crippen molar-refractivity contribution in [2.45, 2.75) is 90.4 Å². The number of nitrogens with one attached hydrogen (secondary N) is 1. The maximum Gasteiger partial charge on any atom is 0.0630 e. The molecule has 0 bridgehead atoms. The Labute approximate surface area is 137 Å². The number of hydrogen-bond acceptors (Lipinski definition) is 3. The molecular formula is C19H36N2O. The maximum absolute atomic E-state index is 6.22. The fraction of sp³-hybridized carbons (Fsp3) is 1.00. The topological polar surface area (TPSA) is 24.5 Å². The van der Waals surface area contributed by atoms with Crippen LogP contribution in [0.5, 0.6) is 0 Å². The minimum Gasteiger partial charge on any atom is -0.377 e. The van der Waals surface area contributed by atoms with Crippen LogP contribution in [-0.4, -0.2) is 42.9 Å². The van der Waals surface area contributed by atoms with E-state index in [-0.39, 0.29) is 0 Å². The van der Waals surface area contributed by atoms with E-state index in [4.69, 9.17) is 4.74 Å². The van der Waals surface area contributed by atoms with Gasteiger partial charge in [-0.1, -0.05) is 40.0 Å². The number of piperidine rings is 1. The molecule has 0 radical (unpaired) electrons. The molecule has 2 heterocycles. The second-order valence-corrected chi connectivity index (χ2v) is 8.79. The van der Waals surface area contributed by atoms with Gasteiger partial charge in [-0.25, -0.2) is 0 Å². The number of fused-ring (bicyclic) bond motifs is 1. The molecular weight excluding hydrogens is 272 g/mol. The maximum atomic E-state index is 6.22. The fourth-order valence-electron chi connectivity index (χ4n) is 4.89. The van der Waals surface area contributed by atoms with Crippen molar-refractivity contribution in [3.63, 3.8) is 0 Å². The lowest BCUT2D eigenvalue weighted by atomic mass is 9.82. The molecule has 3 aliphatic rings. The number of likely N-dealkylation sites (tertiary alicyclic amines) is 1. The van der Waals surface area contributed by atoms with Crippen LogP contribution in [0.3, 0.4) is 0 Å². The summed E-state index contributed by atoms with van der Waals surface area (Å²) in [5, 5.41) is 3.79. The van der Waals surface area contributed by atoms with Crippen molar-refractivity contribution in [3.8, 4) is 0 Å². The number of rotatable bonds is 4. The highest BCUT2D eigenvalue weighted by Crippen LogP contribution is 2.41. The van der Waals surface area contributed by atoms with Crippen molar-refractivity contribution in [1.29, 1.82) is 0 Å². The Bertz CT molecular complexity index is 346. The van der Waals surface area contributed by atoms with E-state index in [1.54, 1.807) is 0 Å². The monoisotopic (exact) mass is 308 g/mol. The molecule has 0 aromatic rings. The smallest absolute Gasteiger partial charge is 0.0630 e. The Morgan fingerprint density at radius 1 is 1.05 bits per heavy atom. The summed E-state index contributed by atoms with van der Waals surface area (Å²) in [6, 6.07) is 0.697. The van der Waals surface area contributed by atoms with E-state index in [1.165, 1.54) is 57.9 Å². The van der Waals surface area contributed by atoms with Gasteiger partial charge in [0.15, 0.2) is 0 Å². The summed E-state index contributed by atoms with van der Waals surface area (Å²) in [5.41, 5.74) is 0.365. The average molecular weight is 309 g/mol. The van der Waals surface area contributed by atoms with Crippen molar-refractivity contribution < 1.29 is 4.74 Å². The van der Waals surface area contributed by atoms with Crippen molar-refractivity contribution in [3.05, 3.63) is 0 Å². The van der Waals surface area contributed by atoms with Gasteiger partial charge in [0.25, 0.3) is 0 Å². The van der Waals surface area contributed by atoms with Crippen molar-refractivity contribution in [1.82, 2.24) is 10.2 Å².